The van der Waals surface area contributed by atoms with Crippen molar-refractivity contribution in [2.75, 3.05) is 0 Å². The van der Waals surface area contributed by atoms with Gasteiger partial charge in [0.05, 0.1) is 5.69 Å². The Balaban J connectivity index is 1.98. The molecule has 1 aromatic heterocycles. The van der Waals surface area contributed by atoms with Gasteiger partial charge in [0.15, 0.2) is 0 Å². The largest absolute Gasteiger partial charge is 0.318 e. The minimum atomic E-state index is 0.741. The maximum absolute atomic E-state index is 6.12. The van der Waals surface area contributed by atoms with E-state index in [1.807, 2.05) is 36.5 Å². The summed E-state index contributed by atoms with van der Waals surface area (Å²) >= 11 is 6.12. The van der Waals surface area contributed by atoms with E-state index in [2.05, 4.69) is 54.6 Å². The number of aromatic nitrogens is 1. The van der Waals surface area contributed by atoms with Gasteiger partial charge in [-0.1, -0.05) is 29.8 Å². The van der Waals surface area contributed by atoms with E-state index in [1.54, 1.807) is 0 Å². The first-order valence-corrected chi connectivity index (χ1v) is 7.98. The first-order chi connectivity index (χ1) is 11.0. The number of rotatable bonds is 3. The van der Waals surface area contributed by atoms with E-state index in [0.29, 0.717) is 0 Å². The van der Waals surface area contributed by atoms with Crippen LogP contribution in [0.5, 0.6) is 0 Å². The summed E-state index contributed by atoms with van der Waals surface area (Å²) < 4.78 is 2.20. The van der Waals surface area contributed by atoms with Crippen LogP contribution in [0, 0.1) is 20.8 Å². The molecular formula is C20H19ClN2. The van der Waals surface area contributed by atoms with E-state index in [4.69, 9.17) is 11.6 Å². The summed E-state index contributed by atoms with van der Waals surface area (Å²) in [5.74, 6) is 0. The Labute approximate surface area is 142 Å². The smallest absolute Gasteiger partial charge is 0.0632 e. The Kier molecular flexibility index (Phi) is 4.35. The second-order valence-electron chi connectivity index (χ2n) is 5.74. The van der Waals surface area contributed by atoms with Crippen LogP contribution in [-0.4, -0.2) is 10.8 Å². The minimum absolute atomic E-state index is 0.741. The highest BCUT2D eigenvalue weighted by Crippen LogP contribution is 2.23. The molecule has 0 unspecified atom stereocenters. The molecule has 0 aliphatic carbocycles. The van der Waals surface area contributed by atoms with Gasteiger partial charge in [-0.05, 0) is 62.7 Å². The molecule has 0 bridgehead atoms. The van der Waals surface area contributed by atoms with Crippen LogP contribution in [0.25, 0.3) is 5.69 Å². The third kappa shape index (κ3) is 3.38. The first-order valence-electron chi connectivity index (χ1n) is 7.60. The lowest BCUT2D eigenvalue weighted by atomic mass is 10.2. The zero-order chi connectivity index (χ0) is 16.4. The van der Waals surface area contributed by atoms with Crippen molar-refractivity contribution in [3.8, 4) is 5.69 Å². The molecule has 3 rings (SSSR count). The fraction of sp³-hybridized carbons (Fsp3) is 0.150. The SMILES string of the molecule is Cc1cccc(N=Cc2cc(C)n(-c3cccc(Cl)c3)c2C)c1. The lowest BCUT2D eigenvalue weighted by molar-refractivity contribution is 0.965. The van der Waals surface area contributed by atoms with Crippen molar-refractivity contribution in [2.24, 2.45) is 4.99 Å². The third-order valence-corrected chi connectivity index (χ3v) is 4.13. The number of nitrogens with zero attached hydrogens (tertiary/aromatic N) is 2. The van der Waals surface area contributed by atoms with Gasteiger partial charge in [-0.15, -0.1) is 0 Å². The predicted molar refractivity (Wildman–Crippen MR) is 98.7 cm³/mol. The van der Waals surface area contributed by atoms with Crippen molar-refractivity contribution < 1.29 is 0 Å². The Morgan fingerprint density at radius 2 is 1.74 bits per heavy atom. The van der Waals surface area contributed by atoms with Gasteiger partial charge in [-0.25, -0.2) is 0 Å². The van der Waals surface area contributed by atoms with Gasteiger partial charge in [-0.2, -0.15) is 0 Å². The number of benzene rings is 2. The van der Waals surface area contributed by atoms with Crippen molar-refractivity contribution in [1.29, 1.82) is 0 Å². The molecule has 0 amide bonds. The maximum atomic E-state index is 6.12. The fourth-order valence-corrected chi connectivity index (χ4v) is 2.97. The molecule has 0 saturated heterocycles. The van der Waals surface area contributed by atoms with Gasteiger partial charge in [-0.3, -0.25) is 4.99 Å². The van der Waals surface area contributed by atoms with Crippen LogP contribution in [0.2, 0.25) is 5.02 Å². The van der Waals surface area contributed by atoms with Gasteiger partial charge < -0.3 is 4.57 Å². The molecule has 0 aliphatic heterocycles. The summed E-state index contributed by atoms with van der Waals surface area (Å²) in [6, 6.07) is 18.2. The van der Waals surface area contributed by atoms with Crippen LogP contribution in [0.15, 0.2) is 59.6 Å². The van der Waals surface area contributed by atoms with Gasteiger partial charge in [0.1, 0.15) is 0 Å². The van der Waals surface area contributed by atoms with Gasteiger partial charge in [0.2, 0.25) is 0 Å². The maximum Gasteiger partial charge on any atom is 0.0632 e. The van der Waals surface area contributed by atoms with Crippen LogP contribution in [0.4, 0.5) is 5.69 Å². The zero-order valence-corrected chi connectivity index (χ0v) is 14.3. The van der Waals surface area contributed by atoms with Crippen molar-refractivity contribution in [1.82, 2.24) is 4.57 Å². The molecule has 2 aromatic carbocycles. The summed E-state index contributed by atoms with van der Waals surface area (Å²) in [5.41, 5.74) is 6.69. The van der Waals surface area contributed by atoms with Crippen LogP contribution < -0.4 is 0 Å². The summed E-state index contributed by atoms with van der Waals surface area (Å²) in [6.07, 6.45) is 1.93. The number of aryl methyl sites for hydroxylation is 2. The van der Waals surface area contributed by atoms with Crippen molar-refractivity contribution in [3.63, 3.8) is 0 Å². The van der Waals surface area contributed by atoms with E-state index in [1.165, 1.54) is 5.56 Å². The van der Waals surface area contributed by atoms with Gasteiger partial charge in [0, 0.05) is 33.9 Å². The zero-order valence-electron chi connectivity index (χ0n) is 13.5. The molecule has 0 fully saturated rings. The highest BCUT2D eigenvalue weighted by molar-refractivity contribution is 6.30. The predicted octanol–water partition coefficient (Wildman–Crippen LogP) is 5.81. The Morgan fingerprint density at radius 1 is 0.957 bits per heavy atom. The fourth-order valence-electron chi connectivity index (χ4n) is 2.78. The van der Waals surface area contributed by atoms with Crippen LogP contribution in [0.1, 0.15) is 22.5 Å². The highest BCUT2D eigenvalue weighted by atomic mass is 35.5. The Bertz CT molecular complexity index is 875. The quantitative estimate of drug-likeness (QED) is 0.542. The van der Waals surface area contributed by atoms with Crippen molar-refractivity contribution in [3.05, 3.63) is 82.1 Å². The second kappa shape index (κ2) is 6.43. The standard InChI is InChI=1S/C20H19ClN2/c1-14-6-4-8-19(10-14)22-13-17-11-15(2)23(16(17)3)20-9-5-7-18(21)12-20/h4-13H,1-3H3. The Hall–Kier alpha value is -2.32. The molecule has 0 radical (unpaired) electrons. The molecule has 0 atom stereocenters. The Morgan fingerprint density at radius 3 is 2.48 bits per heavy atom. The van der Waals surface area contributed by atoms with E-state index in [0.717, 1.165) is 33.3 Å². The summed E-state index contributed by atoms with van der Waals surface area (Å²) in [4.78, 5) is 4.60. The molecule has 1 heterocycles. The normalized spacial score (nSPS) is 11.3. The molecule has 3 aromatic rings. The van der Waals surface area contributed by atoms with E-state index in [9.17, 15) is 0 Å². The van der Waals surface area contributed by atoms with Gasteiger partial charge >= 0.3 is 0 Å². The van der Waals surface area contributed by atoms with Crippen molar-refractivity contribution >= 4 is 23.5 Å². The third-order valence-electron chi connectivity index (χ3n) is 3.89. The summed E-state index contributed by atoms with van der Waals surface area (Å²) in [6.45, 7) is 6.27. The number of hydrogen-bond donors (Lipinski definition) is 0. The van der Waals surface area contributed by atoms with E-state index < -0.39 is 0 Å². The molecule has 0 spiro atoms. The summed E-state index contributed by atoms with van der Waals surface area (Å²) in [7, 11) is 0. The topological polar surface area (TPSA) is 17.3 Å². The first kappa shape index (κ1) is 15.6. The van der Waals surface area contributed by atoms with Gasteiger partial charge in [0.25, 0.3) is 0 Å². The van der Waals surface area contributed by atoms with Crippen molar-refractivity contribution in [2.45, 2.75) is 20.8 Å². The van der Waals surface area contributed by atoms with Crippen LogP contribution >= 0.6 is 11.6 Å². The summed E-state index contributed by atoms with van der Waals surface area (Å²) in [5, 5.41) is 0.741. The molecule has 0 aliphatic rings. The number of aliphatic imine (C=N–C) groups is 1. The van der Waals surface area contributed by atoms with Crippen LogP contribution in [-0.2, 0) is 0 Å². The molecule has 116 valence electrons. The molecule has 2 nitrogen and oxygen atoms in total. The van der Waals surface area contributed by atoms with E-state index >= 15 is 0 Å². The lowest BCUT2D eigenvalue weighted by Crippen LogP contribution is -1.99. The monoisotopic (exact) mass is 322 g/mol. The molecule has 3 heteroatoms. The molecular weight excluding hydrogens is 304 g/mol. The average Bonchev–Trinajstić information content (AvgIpc) is 2.79. The average molecular weight is 323 g/mol. The minimum Gasteiger partial charge on any atom is -0.318 e. The molecule has 0 N–H and O–H groups in total. The second-order valence-corrected chi connectivity index (χ2v) is 6.18. The lowest BCUT2D eigenvalue weighted by Gasteiger charge is -2.09. The number of halogens is 1. The highest BCUT2D eigenvalue weighted by Gasteiger charge is 2.09. The molecule has 23 heavy (non-hydrogen) atoms. The van der Waals surface area contributed by atoms with Crippen LogP contribution in [0.3, 0.4) is 0 Å². The number of hydrogen-bond acceptors (Lipinski definition) is 1. The van der Waals surface area contributed by atoms with E-state index in [-0.39, 0.29) is 0 Å². The molecule has 0 saturated carbocycles.